The Labute approximate surface area is 134 Å². The lowest BCUT2D eigenvalue weighted by molar-refractivity contribution is 1.18. The summed E-state index contributed by atoms with van der Waals surface area (Å²) in [4.78, 5) is 6.13. The first kappa shape index (κ1) is 14.3. The molecule has 0 unspecified atom stereocenters. The molecule has 2 aromatic carbocycles. The van der Waals surface area contributed by atoms with Crippen LogP contribution >= 0.6 is 22.9 Å². The summed E-state index contributed by atoms with van der Waals surface area (Å²) in [6, 6.07) is 18.8. The highest BCUT2D eigenvalue weighted by Gasteiger charge is 2.13. The molecule has 1 heterocycles. The number of thiazole rings is 1. The first-order valence-electron chi connectivity index (χ1n) is 6.96. The van der Waals surface area contributed by atoms with E-state index in [4.69, 9.17) is 16.6 Å². The highest BCUT2D eigenvalue weighted by atomic mass is 35.5. The van der Waals surface area contributed by atoms with Crippen LogP contribution in [0.25, 0.3) is 21.8 Å². The average molecular weight is 314 g/mol. The Hall–Kier alpha value is -1.64. The summed E-state index contributed by atoms with van der Waals surface area (Å²) >= 11 is 7.70. The summed E-state index contributed by atoms with van der Waals surface area (Å²) in [7, 11) is 0. The van der Waals surface area contributed by atoms with Gasteiger partial charge >= 0.3 is 0 Å². The maximum Gasteiger partial charge on any atom is 0.124 e. The van der Waals surface area contributed by atoms with E-state index in [1.165, 1.54) is 16.0 Å². The number of alkyl halides is 1. The molecular weight excluding hydrogens is 298 g/mol. The zero-order valence-electron chi connectivity index (χ0n) is 11.8. The van der Waals surface area contributed by atoms with Crippen molar-refractivity contribution in [3.05, 3.63) is 65.0 Å². The fraction of sp³-hybridized carbons (Fsp3) is 0.167. The molecule has 1 aromatic heterocycles. The van der Waals surface area contributed by atoms with Gasteiger partial charge in [-0.2, -0.15) is 0 Å². The Kier molecular flexibility index (Phi) is 4.37. The smallest absolute Gasteiger partial charge is 0.124 e. The molecule has 0 aliphatic rings. The van der Waals surface area contributed by atoms with Crippen LogP contribution in [0.2, 0.25) is 0 Å². The van der Waals surface area contributed by atoms with Crippen molar-refractivity contribution in [1.29, 1.82) is 0 Å². The van der Waals surface area contributed by atoms with Crippen molar-refractivity contribution in [2.45, 2.75) is 13.3 Å². The van der Waals surface area contributed by atoms with E-state index in [0.717, 1.165) is 22.7 Å². The maximum absolute atomic E-state index is 5.95. The summed E-state index contributed by atoms with van der Waals surface area (Å²) in [6.07, 6.45) is 0.856. The van der Waals surface area contributed by atoms with E-state index in [0.29, 0.717) is 5.88 Å². The molecule has 3 aromatic rings. The Morgan fingerprint density at radius 3 is 2.48 bits per heavy atom. The second kappa shape index (κ2) is 6.42. The summed E-state index contributed by atoms with van der Waals surface area (Å²) < 4.78 is 0. The Balaban J connectivity index is 2.08. The van der Waals surface area contributed by atoms with Crippen LogP contribution in [0, 0.1) is 6.92 Å². The van der Waals surface area contributed by atoms with Crippen molar-refractivity contribution in [2.24, 2.45) is 0 Å². The van der Waals surface area contributed by atoms with Crippen molar-refractivity contribution in [3.8, 4) is 21.8 Å². The average Bonchev–Trinajstić information content (AvgIpc) is 2.93. The summed E-state index contributed by atoms with van der Waals surface area (Å²) in [6.45, 7) is 2.11. The monoisotopic (exact) mass is 313 g/mol. The number of halogens is 1. The zero-order valence-corrected chi connectivity index (χ0v) is 13.4. The van der Waals surface area contributed by atoms with Crippen molar-refractivity contribution >= 4 is 22.9 Å². The van der Waals surface area contributed by atoms with E-state index >= 15 is 0 Å². The Morgan fingerprint density at radius 2 is 1.76 bits per heavy atom. The van der Waals surface area contributed by atoms with Crippen LogP contribution in [0.15, 0.2) is 54.6 Å². The number of hydrogen-bond donors (Lipinski definition) is 0. The largest absolute Gasteiger partial charge is 0.236 e. The Bertz CT molecular complexity index is 734. The number of rotatable bonds is 4. The molecule has 0 saturated heterocycles. The van der Waals surface area contributed by atoms with Gasteiger partial charge in [0, 0.05) is 21.9 Å². The van der Waals surface area contributed by atoms with Crippen LogP contribution < -0.4 is 0 Å². The van der Waals surface area contributed by atoms with Gasteiger partial charge in [-0.3, -0.25) is 0 Å². The molecule has 0 aliphatic carbocycles. The molecule has 0 amide bonds. The lowest BCUT2D eigenvalue weighted by atomic mass is 10.1. The van der Waals surface area contributed by atoms with Gasteiger partial charge in [0.2, 0.25) is 0 Å². The van der Waals surface area contributed by atoms with Gasteiger partial charge in [0.25, 0.3) is 0 Å². The normalized spacial score (nSPS) is 10.8. The second-order valence-electron chi connectivity index (χ2n) is 4.97. The molecule has 1 nitrogen and oxygen atoms in total. The minimum atomic E-state index is 0.620. The molecule has 0 atom stereocenters. The fourth-order valence-electron chi connectivity index (χ4n) is 2.33. The molecule has 0 radical (unpaired) electrons. The number of nitrogens with zero attached hydrogens (tertiary/aromatic N) is 1. The molecular formula is C18H16ClNS. The molecule has 0 aliphatic heterocycles. The van der Waals surface area contributed by atoms with E-state index in [9.17, 15) is 0 Å². The minimum absolute atomic E-state index is 0.620. The van der Waals surface area contributed by atoms with Crippen molar-refractivity contribution in [2.75, 3.05) is 5.88 Å². The maximum atomic E-state index is 5.95. The molecule has 106 valence electrons. The topological polar surface area (TPSA) is 12.9 Å². The highest BCUT2D eigenvalue weighted by Crippen LogP contribution is 2.34. The highest BCUT2D eigenvalue weighted by molar-refractivity contribution is 7.15. The van der Waals surface area contributed by atoms with Gasteiger partial charge in [0.05, 0.1) is 5.69 Å². The van der Waals surface area contributed by atoms with Gasteiger partial charge in [0.15, 0.2) is 0 Å². The molecule has 21 heavy (non-hydrogen) atoms. The molecule has 0 fully saturated rings. The number of benzene rings is 2. The molecule has 0 N–H and O–H groups in total. The van der Waals surface area contributed by atoms with Crippen molar-refractivity contribution < 1.29 is 0 Å². The van der Waals surface area contributed by atoms with Crippen LogP contribution in [0.1, 0.15) is 10.4 Å². The molecule has 0 bridgehead atoms. The third-order valence-electron chi connectivity index (χ3n) is 3.33. The Morgan fingerprint density at radius 1 is 1.00 bits per heavy atom. The lowest BCUT2D eigenvalue weighted by Crippen LogP contribution is -1.87. The van der Waals surface area contributed by atoms with Gasteiger partial charge < -0.3 is 0 Å². The van der Waals surface area contributed by atoms with Crippen LogP contribution in [0.3, 0.4) is 0 Å². The number of aryl methyl sites for hydroxylation is 2. The first-order valence-corrected chi connectivity index (χ1v) is 8.31. The quantitative estimate of drug-likeness (QED) is 0.574. The van der Waals surface area contributed by atoms with E-state index < -0.39 is 0 Å². The van der Waals surface area contributed by atoms with Crippen LogP contribution in [-0.2, 0) is 6.42 Å². The van der Waals surface area contributed by atoms with E-state index in [-0.39, 0.29) is 0 Å². The van der Waals surface area contributed by atoms with Gasteiger partial charge in [-0.05, 0) is 19.4 Å². The van der Waals surface area contributed by atoms with Crippen LogP contribution in [-0.4, -0.2) is 10.9 Å². The standard InChI is InChI=1S/C18H16ClNS/c1-13-6-5-9-15(12-13)18-20-17(16(21-18)10-11-19)14-7-3-2-4-8-14/h2-9,12H,10-11H2,1H3. The van der Waals surface area contributed by atoms with E-state index in [2.05, 4.69) is 43.3 Å². The van der Waals surface area contributed by atoms with Gasteiger partial charge in [-0.25, -0.2) is 4.98 Å². The fourth-order valence-corrected chi connectivity index (χ4v) is 3.71. The predicted molar refractivity (Wildman–Crippen MR) is 92.1 cm³/mol. The molecule has 0 spiro atoms. The SMILES string of the molecule is Cc1cccc(-c2nc(-c3ccccc3)c(CCCl)s2)c1. The van der Waals surface area contributed by atoms with Gasteiger partial charge in [-0.15, -0.1) is 22.9 Å². The van der Waals surface area contributed by atoms with Crippen molar-refractivity contribution in [3.63, 3.8) is 0 Å². The van der Waals surface area contributed by atoms with Gasteiger partial charge in [0.1, 0.15) is 5.01 Å². The number of aromatic nitrogens is 1. The lowest BCUT2D eigenvalue weighted by Gasteiger charge is -1.99. The second-order valence-corrected chi connectivity index (χ2v) is 6.43. The van der Waals surface area contributed by atoms with E-state index in [1.807, 2.05) is 18.2 Å². The zero-order chi connectivity index (χ0) is 14.7. The van der Waals surface area contributed by atoms with Crippen molar-refractivity contribution in [1.82, 2.24) is 4.98 Å². The predicted octanol–water partition coefficient (Wildman–Crippen LogP) is 5.57. The van der Waals surface area contributed by atoms with E-state index in [1.54, 1.807) is 11.3 Å². The number of hydrogen-bond acceptors (Lipinski definition) is 2. The third-order valence-corrected chi connectivity index (χ3v) is 4.68. The summed E-state index contributed by atoms with van der Waals surface area (Å²) in [5.41, 5.74) is 4.66. The molecule has 3 rings (SSSR count). The first-order chi connectivity index (χ1) is 10.3. The van der Waals surface area contributed by atoms with Gasteiger partial charge in [-0.1, -0.05) is 54.1 Å². The van der Waals surface area contributed by atoms with Crippen LogP contribution in [0.4, 0.5) is 0 Å². The minimum Gasteiger partial charge on any atom is -0.236 e. The third kappa shape index (κ3) is 3.17. The van der Waals surface area contributed by atoms with Crippen LogP contribution in [0.5, 0.6) is 0 Å². The summed E-state index contributed by atoms with van der Waals surface area (Å²) in [5.74, 6) is 0.620. The molecule has 3 heteroatoms. The molecule has 0 saturated carbocycles. The summed E-state index contributed by atoms with van der Waals surface area (Å²) in [5, 5.41) is 1.07.